The van der Waals surface area contributed by atoms with Gasteiger partial charge < -0.3 is 19.8 Å². The molecule has 142 valence electrons. The molecule has 0 radical (unpaired) electrons. The summed E-state index contributed by atoms with van der Waals surface area (Å²) in [6.45, 7) is 6.54. The number of amides is 1. The van der Waals surface area contributed by atoms with E-state index in [1.54, 1.807) is 25.3 Å². The maximum Gasteiger partial charge on any atom is 0.252 e. The molecule has 2 N–H and O–H groups in total. The number of imidazole rings is 1. The molecular weight excluding hydrogens is 342 g/mol. The Hall–Kier alpha value is -3.02. The van der Waals surface area contributed by atoms with Crippen molar-refractivity contribution in [3.63, 3.8) is 0 Å². The summed E-state index contributed by atoms with van der Waals surface area (Å²) in [4.78, 5) is 20.8. The Labute approximate surface area is 158 Å². The van der Waals surface area contributed by atoms with E-state index in [-0.39, 0.29) is 17.9 Å². The zero-order chi connectivity index (χ0) is 19.4. The van der Waals surface area contributed by atoms with Gasteiger partial charge in [-0.3, -0.25) is 4.79 Å². The predicted octanol–water partition coefficient (Wildman–Crippen LogP) is 4.10. The van der Waals surface area contributed by atoms with E-state index in [4.69, 9.17) is 9.47 Å². The number of ether oxygens (including phenoxy) is 2. The van der Waals surface area contributed by atoms with E-state index in [0.717, 1.165) is 16.9 Å². The second-order valence-electron chi connectivity index (χ2n) is 6.63. The van der Waals surface area contributed by atoms with Crippen molar-refractivity contribution in [2.75, 3.05) is 13.7 Å². The standard InChI is InChI=1S/C21H25N3O3/c1-5-27-17-11-10-14(12-18(17)26-4)21(25)24-19(13(2)3)20-22-15-8-6-7-9-16(15)23-20/h6-13,19H,5H2,1-4H3,(H,22,23)(H,24,25). The number of para-hydroxylation sites is 2. The van der Waals surface area contributed by atoms with E-state index in [0.29, 0.717) is 23.7 Å². The predicted molar refractivity (Wildman–Crippen MR) is 105 cm³/mol. The Morgan fingerprint density at radius 1 is 1.19 bits per heavy atom. The number of hydrogen-bond donors (Lipinski definition) is 2. The highest BCUT2D eigenvalue weighted by molar-refractivity contribution is 5.95. The van der Waals surface area contributed by atoms with Gasteiger partial charge in [0.1, 0.15) is 5.82 Å². The fourth-order valence-corrected chi connectivity index (χ4v) is 2.98. The highest BCUT2D eigenvalue weighted by atomic mass is 16.5. The van der Waals surface area contributed by atoms with Gasteiger partial charge in [0.05, 0.1) is 30.8 Å². The molecule has 1 atom stereocenters. The Kier molecular flexibility index (Phi) is 5.64. The largest absolute Gasteiger partial charge is 0.493 e. The SMILES string of the molecule is CCOc1ccc(C(=O)NC(c2nc3ccccc3[nH]2)C(C)C)cc1OC. The first-order valence-electron chi connectivity index (χ1n) is 9.09. The topological polar surface area (TPSA) is 76.2 Å². The molecule has 1 heterocycles. The summed E-state index contributed by atoms with van der Waals surface area (Å²) in [5.41, 5.74) is 2.35. The molecule has 6 nitrogen and oxygen atoms in total. The lowest BCUT2D eigenvalue weighted by Crippen LogP contribution is -2.32. The lowest BCUT2D eigenvalue weighted by molar-refractivity contribution is 0.0923. The molecule has 1 unspecified atom stereocenters. The molecule has 0 saturated heterocycles. The summed E-state index contributed by atoms with van der Waals surface area (Å²) >= 11 is 0. The minimum atomic E-state index is -0.234. The molecule has 2 aromatic carbocycles. The number of carbonyl (C=O) groups excluding carboxylic acids is 1. The fraction of sp³-hybridized carbons (Fsp3) is 0.333. The average Bonchev–Trinajstić information content (AvgIpc) is 3.09. The van der Waals surface area contributed by atoms with Gasteiger partial charge in [0.25, 0.3) is 5.91 Å². The number of methoxy groups -OCH3 is 1. The lowest BCUT2D eigenvalue weighted by Gasteiger charge is -2.20. The Bertz CT molecular complexity index is 900. The molecule has 1 amide bonds. The molecule has 3 rings (SSSR count). The van der Waals surface area contributed by atoms with Crippen molar-refractivity contribution in [3.05, 3.63) is 53.9 Å². The second-order valence-corrected chi connectivity index (χ2v) is 6.63. The Morgan fingerprint density at radius 2 is 1.96 bits per heavy atom. The van der Waals surface area contributed by atoms with Crippen molar-refractivity contribution >= 4 is 16.9 Å². The van der Waals surface area contributed by atoms with Crippen LogP contribution in [0.4, 0.5) is 0 Å². The van der Waals surface area contributed by atoms with E-state index >= 15 is 0 Å². The van der Waals surface area contributed by atoms with Crippen LogP contribution in [-0.4, -0.2) is 29.6 Å². The highest BCUT2D eigenvalue weighted by Crippen LogP contribution is 2.29. The molecule has 27 heavy (non-hydrogen) atoms. The summed E-state index contributed by atoms with van der Waals surface area (Å²) in [7, 11) is 1.56. The lowest BCUT2D eigenvalue weighted by atomic mass is 10.0. The molecule has 0 bridgehead atoms. The molecule has 0 aliphatic rings. The van der Waals surface area contributed by atoms with Crippen LogP contribution in [0.1, 0.15) is 43.0 Å². The number of benzene rings is 2. The Morgan fingerprint density at radius 3 is 2.63 bits per heavy atom. The molecule has 6 heteroatoms. The van der Waals surface area contributed by atoms with Gasteiger partial charge in [0, 0.05) is 5.56 Å². The third kappa shape index (κ3) is 4.05. The monoisotopic (exact) mass is 367 g/mol. The van der Waals surface area contributed by atoms with Gasteiger partial charge in [0.2, 0.25) is 0 Å². The van der Waals surface area contributed by atoms with Gasteiger partial charge in [-0.2, -0.15) is 0 Å². The zero-order valence-corrected chi connectivity index (χ0v) is 16.1. The molecular formula is C21H25N3O3. The van der Waals surface area contributed by atoms with Crippen LogP contribution >= 0.6 is 0 Å². The average molecular weight is 367 g/mol. The normalized spacial score (nSPS) is 12.2. The second kappa shape index (κ2) is 8.12. The van der Waals surface area contributed by atoms with Crippen LogP contribution in [0.25, 0.3) is 11.0 Å². The first-order valence-corrected chi connectivity index (χ1v) is 9.09. The van der Waals surface area contributed by atoms with E-state index in [1.807, 2.05) is 31.2 Å². The molecule has 0 aliphatic carbocycles. The van der Waals surface area contributed by atoms with Crippen LogP contribution in [0.15, 0.2) is 42.5 Å². The molecule has 0 aliphatic heterocycles. The van der Waals surface area contributed by atoms with Gasteiger partial charge in [0.15, 0.2) is 11.5 Å². The minimum absolute atomic E-state index is 0.166. The Balaban J connectivity index is 1.85. The van der Waals surface area contributed by atoms with Crippen molar-refractivity contribution < 1.29 is 14.3 Å². The summed E-state index contributed by atoms with van der Waals surface area (Å²) in [6.07, 6.45) is 0. The van der Waals surface area contributed by atoms with E-state index in [1.165, 1.54) is 0 Å². The number of rotatable bonds is 7. The molecule has 3 aromatic rings. The summed E-state index contributed by atoms with van der Waals surface area (Å²) in [5.74, 6) is 1.88. The number of fused-ring (bicyclic) bond motifs is 1. The van der Waals surface area contributed by atoms with Crippen molar-refractivity contribution in [3.8, 4) is 11.5 Å². The van der Waals surface area contributed by atoms with Crippen LogP contribution in [0.5, 0.6) is 11.5 Å². The van der Waals surface area contributed by atoms with Crippen molar-refractivity contribution in [2.24, 2.45) is 5.92 Å². The summed E-state index contributed by atoms with van der Waals surface area (Å²) < 4.78 is 10.9. The number of hydrogen-bond acceptors (Lipinski definition) is 4. The number of aromatic amines is 1. The molecule has 0 spiro atoms. The molecule has 0 saturated carbocycles. The van der Waals surface area contributed by atoms with Crippen LogP contribution in [0.2, 0.25) is 0 Å². The maximum absolute atomic E-state index is 12.8. The van der Waals surface area contributed by atoms with Gasteiger partial charge in [-0.05, 0) is 43.2 Å². The van der Waals surface area contributed by atoms with Gasteiger partial charge in [-0.1, -0.05) is 26.0 Å². The van der Waals surface area contributed by atoms with Crippen molar-refractivity contribution in [1.29, 1.82) is 0 Å². The third-order valence-corrected chi connectivity index (χ3v) is 4.38. The van der Waals surface area contributed by atoms with Crippen LogP contribution in [-0.2, 0) is 0 Å². The van der Waals surface area contributed by atoms with E-state index in [2.05, 4.69) is 29.1 Å². The molecule has 1 aromatic heterocycles. The van der Waals surface area contributed by atoms with Gasteiger partial charge in [-0.25, -0.2) is 4.98 Å². The van der Waals surface area contributed by atoms with Crippen molar-refractivity contribution in [1.82, 2.24) is 15.3 Å². The summed E-state index contributed by atoms with van der Waals surface area (Å²) in [6, 6.07) is 12.8. The van der Waals surface area contributed by atoms with E-state index < -0.39 is 0 Å². The maximum atomic E-state index is 12.8. The van der Waals surface area contributed by atoms with Crippen LogP contribution in [0.3, 0.4) is 0 Å². The number of H-pyrrole nitrogens is 1. The zero-order valence-electron chi connectivity index (χ0n) is 16.1. The smallest absolute Gasteiger partial charge is 0.252 e. The number of carbonyl (C=O) groups is 1. The number of aromatic nitrogens is 2. The number of nitrogens with one attached hydrogen (secondary N) is 2. The fourth-order valence-electron chi connectivity index (χ4n) is 2.98. The third-order valence-electron chi connectivity index (χ3n) is 4.38. The van der Waals surface area contributed by atoms with Crippen LogP contribution in [0, 0.1) is 5.92 Å². The van der Waals surface area contributed by atoms with Gasteiger partial charge in [-0.15, -0.1) is 0 Å². The minimum Gasteiger partial charge on any atom is -0.493 e. The molecule has 0 fully saturated rings. The first kappa shape index (κ1) is 18.8. The van der Waals surface area contributed by atoms with Crippen LogP contribution < -0.4 is 14.8 Å². The first-order chi connectivity index (χ1) is 13.0. The quantitative estimate of drug-likeness (QED) is 0.659. The van der Waals surface area contributed by atoms with Gasteiger partial charge >= 0.3 is 0 Å². The van der Waals surface area contributed by atoms with E-state index in [9.17, 15) is 4.79 Å². The summed E-state index contributed by atoms with van der Waals surface area (Å²) in [5, 5.41) is 3.08. The number of nitrogens with zero attached hydrogens (tertiary/aromatic N) is 1. The highest BCUT2D eigenvalue weighted by Gasteiger charge is 2.23. The van der Waals surface area contributed by atoms with Crippen molar-refractivity contribution in [2.45, 2.75) is 26.8 Å².